The minimum atomic E-state index is 0.0685. The highest BCUT2D eigenvalue weighted by Gasteiger charge is 2.59. The van der Waals surface area contributed by atoms with Crippen LogP contribution in [0.2, 0.25) is 0 Å². The van der Waals surface area contributed by atoms with E-state index in [1.807, 2.05) is 0 Å². The maximum atomic E-state index is 12.4. The van der Waals surface area contributed by atoms with Gasteiger partial charge in [0.25, 0.3) is 0 Å². The third kappa shape index (κ3) is 1.58. The number of hydrogen-bond donors (Lipinski definition) is 0. The van der Waals surface area contributed by atoms with Gasteiger partial charge in [0.2, 0.25) is 0 Å². The highest BCUT2D eigenvalue weighted by Crippen LogP contribution is 2.65. The lowest BCUT2D eigenvalue weighted by atomic mass is 9.45. The Morgan fingerprint density at radius 2 is 1.75 bits per heavy atom. The summed E-state index contributed by atoms with van der Waals surface area (Å²) in [5.74, 6) is 4.13. The Morgan fingerprint density at radius 3 is 2.60 bits per heavy atom. The van der Waals surface area contributed by atoms with Gasteiger partial charge in [-0.15, -0.1) is 0 Å². The van der Waals surface area contributed by atoms with Crippen molar-refractivity contribution >= 4 is 5.78 Å². The number of ketones is 1. The van der Waals surface area contributed by atoms with Gasteiger partial charge in [-0.05, 0) is 74.0 Å². The van der Waals surface area contributed by atoms with E-state index in [1.165, 1.54) is 57.8 Å². The molecule has 0 N–H and O–H groups in total. The zero-order valence-corrected chi connectivity index (χ0v) is 13.3. The molecule has 20 heavy (non-hydrogen) atoms. The topological polar surface area (TPSA) is 17.1 Å². The van der Waals surface area contributed by atoms with Crippen LogP contribution >= 0.6 is 0 Å². The predicted molar refractivity (Wildman–Crippen MR) is 81.4 cm³/mol. The van der Waals surface area contributed by atoms with Gasteiger partial charge in [-0.1, -0.05) is 26.7 Å². The molecule has 0 amide bonds. The number of hydrogen-bond acceptors (Lipinski definition) is 1. The van der Waals surface area contributed by atoms with Crippen LogP contribution < -0.4 is 0 Å². The van der Waals surface area contributed by atoms with Crippen molar-refractivity contribution in [3.8, 4) is 0 Å². The SMILES string of the molecule is C[C@]12CCCC[C@@H]1CC[C@H]1C3CCC(=O)[C@@]3(C)CC[C@@H]12. The van der Waals surface area contributed by atoms with Gasteiger partial charge in [0.1, 0.15) is 5.78 Å². The zero-order chi connectivity index (χ0) is 14.0. The fraction of sp³-hybridized carbons (Fsp3) is 0.947. The maximum absolute atomic E-state index is 12.4. The van der Waals surface area contributed by atoms with E-state index < -0.39 is 0 Å². The summed E-state index contributed by atoms with van der Waals surface area (Å²) in [6.07, 6.45) is 13.4. The van der Waals surface area contributed by atoms with E-state index in [0.717, 1.165) is 30.1 Å². The first-order chi connectivity index (χ1) is 9.56. The first kappa shape index (κ1) is 13.3. The molecule has 0 aromatic rings. The monoisotopic (exact) mass is 274 g/mol. The molecule has 0 spiro atoms. The summed E-state index contributed by atoms with van der Waals surface area (Å²) in [6, 6.07) is 0. The fourth-order valence-corrected chi connectivity index (χ4v) is 7.07. The predicted octanol–water partition coefficient (Wildman–Crippen LogP) is 4.99. The van der Waals surface area contributed by atoms with E-state index in [0.29, 0.717) is 11.2 Å². The van der Waals surface area contributed by atoms with E-state index in [4.69, 9.17) is 0 Å². The number of carbonyl (C=O) groups excluding carboxylic acids is 1. The van der Waals surface area contributed by atoms with Gasteiger partial charge in [0.15, 0.2) is 0 Å². The Labute approximate surface area is 123 Å². The molecule has 4 aliphatic carbocycles. The molecule has 6 atom stereocenters. The zero-order valence-electron chi connectivity index (χ0n) is 13.3. The summed E-state index contributed by atoms with van der Waals surface area (Å²) in [5, 5.41) is 0. The third-order valence-electron chi connectivity index (χ3n) is 8.29. The van der Waals surface area contributed by atoms with E-state index in [2.05, 4.69) is 13.8 Å². The van der Waals surface area contributed by atoms with E-state index in [-0.39, 0.29) is 5.41 Å². The van der Waals surface area contributed by atoms with E-state index in [1.54, 1.807) is 0 Å². The highest BCUT2D eigenvalue weighted by molar-refractivity contribution is 5.87. The summed E-state index contributed by atoms with van der Waals surface area (Å²) >= 11 is 0. The number of fused-ring (bicyclic) bond motifs is 5. The lowest BCUT2D eigenvalue weighted by Gasteiger charge is -2.59. The van der Waals surface area contributed by atoms with Crippen molar-refractivity contribution in [3.05, 3.63) is 0 Å². The van der Waals surface area contributed by atoms with Crippen LogP contribution in [0.15, 0.2) is 0 Å². The molecule has 0 heterocycles. The Morgan fingerprint density at radius 1 is 0.900 bits per heavy atom. The molecule has 4 fully saturated rings. The van der Waals surface area contributed by atoms with Crippen LogP contribution in [0.3, 0.4) is 0 Å². The second kappa shape index (κ2) is 4.34. The fourth-order valence-electron chi connectivity index (χ4n) is 7.07. The Hall–Kier alpha value is -0.330. The first-order valence-corrected chi connectivity index (χ1v) is 9.09. The summed E-state index contributed by atoms with van der Waals surface area (Å²) in [5.41, 5.74) is 0.688. The van der Waals surface area contributed by atoms with Crippen LogP contribution in [0.25, 0.3) is 0 Å². The molecule has 1 heteroatoms. The van der Waals surface area contributed by atoms with Crippen LogP contribution in [-0.2, 0) is 4.79 Å². The quantitative estimate of drug-likeness (QED) is 0.608. The lowest BCUT2D eigenvalue weighted by molar-refractivity contribution is -0.138. The molecule has 112 valence electrons. The van der Waals surface area contributed by atoms with Gasteiger partial charge in [-0.3, -0.25) is 4.79 Å². The highest BCUT2D eigenvalue weighted by atomic mass is 16.1. The van der Waals surface area contributed by atoms with Crippen LogP contribution in [0.4, 0.5) is 0 Å². The minimum absolute atomic E-state index is 0.0685. The molecule has 4 aliphatic rings. The summed E-state index contributed by atoms with van der Waals surface area (Å²) in [7, 11) is 0. The Bertz CT molecular complexity index is 427. The van der Waals surface area contributed by atoms with Crippen LogP contribution in [-0.4, -0.2) is 5.78 Å². The second-order valence-electron chi connectivity index (χ2n) is 8.82. The van der Waals surface area contributed by atoms with E-state index in [9.17, 15) is 4.79 Å². The summed E-state index contributed by atoms with van der Waals surface area (Å²) in [4.78, 5) is 12.4. The molecule has 0 radical (unpaired) electrons. The third-order valence-corrected chi connectivity index (χ3v) is 8.29. The second-order valence-corrected chi connectivity index (χ2v) is 8.82. The van der Waals surface area contributed by atoms with E-state index >= 15 is 0 Å². The standard InChI is InChI=1S/C19H30O/c1-18-11-4-3-5-13(18)6-7-14-15-8-9-17(20)19(15,2)12-10-16(14)18/h13-16H,3-12H2,1-2H3/t13-,14+,15?,16+,18+,19+/m1/s1. The largest absolute Gasteiger partial charge is 0.299 e. The molecule has 0 bridgehead atoms. The van der Waals surface area contributed by atoms with Gasteiger partial charge in [0.05, 0.1) is 0 Å². The number of carbonyl (C=O) groups is 1. The number of rotatable bonds is 0. The summed E-state index contributed by atoms with van der Waals surface area (Å²) < 4.78 is 0. The molecule has 0 aromatic heterocycles. The van der Waals surface area contributed by atoms with Gasteiger partial charge in [0, 0.05) is 11.8 Å². The van der Waals surface area contributed by atoms with Crippen LogP contribution in [0.1, 0.15) is 78.1 Å². The molecule has 0 aromatic carbocycles. The van der Waals surface area contributed by atoms with Gasteiger partial charge >= 0.3 is 0 Å². The molecule has 1 nitrogen and oxygen atoms in total. The maximum Gasteiger partial charge on any atom is 0.139 e. The van der Waals surface area contributed by atoms with Crippen molar-refractivity contribution in [1.82, 2.24) is 0 Å². The molecular weight excluding hydrogens is 244 g/mol. The molecule has 4 saturated carbocycles. The van der Waals surface area contributed by atoms with Crippen LogP contribution in [0, 0.1) is 34.5 Å². The van der Waals surface area contributed by atoms with Crippen molar-refractivity contribution in [2.24, 2.45) is 34.5 Å². The van der Waals surface area contributed by atoms with Crippen molar-refractivity contribution < 1.29 is 4.79 Å². The average molecular weight is 274 g/mol. The number of Topliss-reactive ketones (excluding diaryl/α,β-unsaturated/α-hetero) is 1. The molecule has 0 aliphatic heterocycles. The lowest BCUT2D eigenvalue weighted by Crippen LogP contribution is -2.52. The Kier molecular flexibility index (Phi) is 2.89. The van der Waals surface area contributed by atoms with Gasteiger partial charge in [-0.25, -0.2) is 0 Å². The van der Waals surface area contributed by atoms with Crippen LogP contribution in [0.5, 0.6) is 0 Å². The smallest absolute Gasteiger partial charge is 0.139 e. The van der Waals surface area contributed by atoms with Crippen molar-refractivity contribution in [3.63, 3.8) is 0 Å². The minimum Gasteiger partial charge on any atom is -0.299 e. The van der Waals surface area contributed by atoms with Gasteiger partial charge in [-0.2, -0.15) is 0 Å². The molecule has 0 saturated heterocycles. The van der Waals surface area contributed by atoms with Crippen molar-refractivity contribution in [2.45, 2.75) is 78.1 Å². The molecule has 1 unspecified atom stereocenters. The average Bonchev–Trinajstić information content (AvgIpc) is 2.74. The first-order valence-electron chi connectivity index (χ1n) is 9.09. The molecule has 4 rings (SSSR count). The Balaban J connectivity index is 1.66. The summed E-state index contributed by atoms with van der Waals surface area (Å²) in [6.45, 7) is 4.92. The van der Waals surface area contributed by atoms with Gasteiger partial charge < -0.3 is 0 Å². The van der Waals surface area contributed by atoms with Crippen molar-refractivity contribution in [2.75, 3.05) is 0 Å². The van der Waals surface area contributed by atoms with Crippen molar-refractivity contribution in [1.29, 1.82) is 0 Å². The normalized spacial score (nSPS) is 55.0. The molecular formula is C19H30O.